The van der Waals surface area contributed by atoms with E-state index in [9.17, 15) is 9.59 Å². The monoisotopic (exact) mass is 421 g/mol. The lowest BCUT2D eigenvalue weighted by Gasteiger charge is -2.31. The first-order valence-electron chi connectivity index (χ1n) is 10.4. The van der Waals surface area contributed by atoms with E-state index in [1.54, 1.807) is 7.11 Å². The molecule has 4 rings (SSSR count). The molecule has 31 heavy (non-hydrogen) atoms. The average molecular weight is 422 g/mol. The topological polar surface area (TPSA) is 92.2 Å². The molecule has 1 atom stereocenters. The number of carbonyl (C=O) groups is 1. The molecule has 2 N–H and O–H groups in total. The Balaban J connectivity index is 1.43. The first-order valence-corrected chi connectivity index (χ1v) is 10.4. The molecule has 0 aliphatic carbocycles. The van der Waals surface area contributed by atoms with Gasteiger partial charge in [0.25, 0.3) is 0 Å². The Morgan fingerprint density at radius 3 is 2.61 bits per heavy atom. The molecule has 0 spiro atoms. The lowest BCUT2D eigenvalue weighted by molar-refractivity contribution is -0.114. The minimum absolute atomic E-state index is 0.0744. The van der Waals surface area contributed by atoms with Crippen LogP contribution < -0.4 is 15.7 Å². The fourth-order valence-electron chi connectivity index (χ4n) is 4.00. The summed E-state index contributed by atoms with van der Waals surface area (Å²) >= 11 is 0. The second-order valence-corrected chi connectivity index (χ2v) is 7.88. The van der Waals surface area contributed by atoms with Gasteiger partial charge in [-0.1, -0.05) is 12.1 Å². The number of hydrogen-bond acceptors (Lipinski definition) is 5. The van der Waals surface area contributed by atoms with Crippen LogP contribution in [-0.2, 0) is 11.3 Å². The van der Waals surface area contributed by atoms with Crippen molar-refractivity contribution in [3.8, 4) is 11.4 Å². The van der Waals surface area contributed by atoms with E-state index in [1.807, 2.05) is 48.5 Å². The van der Waals surface area contributed by atoms with Crippen molar-refractivity contribution in [1.29, 1.82) is 0 Å². The van der Waals surface area contributed by atoms with Crippen LogP contribution in [0.2, 0.25) is 0 Å². The molecule has 1 saturated heterocycles. The van der Waals surface area contributed by atoms with Crippen molar-refractivity contribution >= 4 is 11.6 Å². The number of H-pyrrole nitrogens is 1. The van der Waals surface area contributed by atoms with Gasteiger partial charge in [0.2, 0.25) is 5.91 Å². The highest BCUT2D eigenvalue weighted by atomic mass is 16.5. The summed E-state index contributed by atoms with van der Waals surface area (Å²) in [6.07, 6.45) is 2.04. The molecule has 0 saturated carbocycles. The molecular formula is C23H27N5O3. The SMILES string of the molecule is COc1ccc(-n2nc(C3CCCN(Cc4ccc(NC(C)=O)cc4)C3)[nH]c2=O)cc1. The van der Waals surface area contributed by atoms with Crippen LogP contribution in [0.4, 0.5) is 5.69 Å². The predicted molar refractivity (Wildman–Crippen MR) is 119 cm³/mol. The number of aromatic nitrogens is 3. The molecule has 2 heterocycles. The van der Waals surface area contributed by atoms with E-state index in [4.69, 9.17) is 4.74 Å². The van der Waals surface area contributed by atoms with Crippen LogP contribution in [0.15, 0.2) is 53.3 Å². The van der Waals surface area contributed by atoms with Crippen molar-refractivity contribution < 1.29 is 9.53 Å². The van der Waals surface area contributed by atoms with Crippen LogP contribution in [0.25, 0.3) is 5.69 Å². The third-order valence-electron chi connectivity index (χ3n) is 5.52. The summed E-state index contributed by atoms with van der Waals surface area (Å²) < 4.78 is 6.59. The lowest BCUT2D eigenvalue weighted by Crippen LogP contribution is -2.34. The summed E-state index contributed by atoms with van der Waals surface area (Å²) in [6, 6.07) is 15.2. The Hall–Kier alpha value is -3.39. The van der Waals surface area contributed by atoms with Gasteiger partial charge in [-0.3, -0.25) is 14.7 Å². The summed E-state index contributed by atoms with van der Waals surface area (Å²) in [5.41, 5.74) is 2.47. The quantitative estimate of drug-likeness (QED) is 0.639. The number of benzene rings is 2. The minimum Gasteiger partial charge on any atom is -0.497 e. The first-order chi connectivity index (χ1) is 15.0. The first kappa shape index (κ1) is 20.9. The van der Waals surface area contributed by atoms with Crippen molar-refractivity contribution in [2.24, 2.45) is 0 Å². The van der Waals surface area contributed by atoms with Crippen molar-refractivity contribution in [2.45, 2.75) is 32.2 Å². The van der Waals surface area contributed by atoms with Gasteiger partial charge in [-0.2, -0.15) is 4.68 Å². The van der Waals surface area contributed by atoms with Crippen LogP contribution >= 0.6 is 0 Å². The van der Waals surface area contributed by atoms with Crippen molar-refractivity contribution in [3.05, 3.63) is 70.4 Å². The van der Waals surface area contributed by atoms with E-state index in [0.29, 0.717) is 5.69 Å². The number of likely N-dealkylation sites (tertiary alicyclic amines) is 1. The molecule has 1 aliphatic heterocycles. The number of piperidine rings is 1. The summed E-state index contributed by atoms with van der Waals surface area (Å²) in [4.78, 5) is 29.0. The zero-order valence-electron chi connectivity index (χ0n) is 17.8. The summed E-state index contributed by atoms with van der Waals surface area (Å²) in [7, 11) is 1.61. The van der Waals surface area contributed by atoms with Gasteiger partial charge < -0.3 is 10.1 Å². The predicted octanol–water partition coefficient (Wildman–Crippen LogP) is 2.91. The second kappa shape index (κ2) is 9.18. The maximum absolute atomic E-state index is 12.5. The molecule has 2 aromatic carbocycles. The molecule has 1 unspecified atom stereocenters. The van der Waals surface area contributed by atoms with E-state index < -0.39 is 0 Å². The van der Waals surface area contributed by atoms with Gasteiger partial charge in [-0.05, 0) is 61.3 Å². The van der Waals surface area contributed by atoms with Gasteiger partial charge in [-0.25, -0.2) is 4.79 Å². The number of anilines is 1. The molecule has 8 heteroatoms. The smallest absolute Gasteiger partial charge is 0.348 e. The highest BCUT2D eigenvalue weighted by Gasteiger charge is 2.25. The normalized spacial score (nSPS) is 16.8. The van der Waals surface area contributed by atoms with Gasteiger partial charge in [0, 0.05) is 31.6 Å². The zero-order chi connectivity index (χ0) is 21.8. The number of carbonyl (C=O) groups excluding carboxylic acids is 1. The number of amides is 1. The van der Waals surface area contributed by atoms with Crippen LogP contribution in [0.1, 0.15) is 37.1 Å². The van der Waals surface area contributed by atoms with Gasteiger partial charge in [0.1, 0.15) is 11.6 Å². The van der Waals surface area contributed by atoms with E-state index >= 15 is 0 Å². The average Bonchev–Trinajstić information content (AvgIpc) is 3.17. The van der Waals surface area contributed by atoms with E-state index in [-0.39, 0.29) is 17.5 Å². The standard InChI is InChI=1S/C23H27N5O3/c1-16(29)24-19-7-5-17(6-8-19)14-27-13-3-4-18(15-27)22-25-23(30)28(26-22)20-9-11-21(31-2)12-10-20/h5-12,18H,3-4,13-15H2,1-2H3,(H,24,29)(H,25,26,30). The molecule has 1 amide bonds. The number of ether oxygens (including phenoxy) is 1. The Kier molecular flexibility index (Phi) is 6.18. The molecule has 0 radical (unpaired) electrons. The van der Waals surface area contributed by atoms with Crippen LogP contribution in [0.3, 0.4) is 0 Å². The lowest BCUT2D eigenvalue weighted by atomic mass is 9.97. The number of methoxy groups -OCH3 is 1. The van der Waals surface area contributed by atoms with Gasteiger partial charge in [-0.15, -0.1) is 5.10 Å². The molecular weight excluding hydrogens is 394 g/mol. The molecule has 1 aliphatic rings. The zero-order valence-corrected chi connectivity index (χ0v) is 17.8. The van der Waals surface area contributed by atoms with E-state index in [0.717, 1.165) is 49.7 Å². The van der Waals surface area contributed by atoms with Crippen LogP contribution in [0, 0.1) is 0 Å². The van der Waals surface area contributed by atoms with Gasteiger partial charge in [0.15, 0.2) is 0 Å². The number of hydrogen-bond donors (Lipinski definition) is 2. The van der Waals surface area contributed by atoms with Crippen LogP contribution in [-0.4, -0.2) is 45.8 Å². The molecule has 1 aromatic heterocycles. The molecule has 8 nitrogen and oxygen atoms in total. The van der Waals surface area contributed by atoms with E-state index in [2.05, 4.69) is 20.3 Å². The summed E-state index contributed by atoms with van der Waals surface area (Å²) in [6.45, 7) is 4.17. The Bertz CT molecular complexity index is 1090. The van der Waals surface area contributed by atoms with Crippen molar-refractivity contribution in [3.63, 3.8) is 0 Å². The van der Waals surface area contributed by atoms with Crippen LogP contribution in [0.5, 0.6) is 5.75 Å². The Labute approximate surface area is 180 Å². The van der Waals surface area contributed by atoms with Gasteiger partial charge >= 0.3 is 5.69 Å². The molecule has 0 bridgehead atoms. The maximum atomic E-state index is 12.5. The number of nitrogens with zero attached hydrogens (tertiary/aromatic N) is 3. The van der Waals surface area contributed by atoms with Crippen molar-refractivity contribution in [2.75, 3.05) is 25.5 Å². The Morgan fingerprint density at radius 1 is 1.19 bits per heavy atom. The second-order valence-electron chi connectivity index (χ2n) is 7.88. The highest BCUT2D eigenvalue weighted by Crippen LogP contribution is 2.25. The molecule has 3 aromatic rings. The highest BCUT2D eigenvalue weighted by molar-refractivity contribution is 5.88. The largest absolute Gasteiger partial charge is 0.497 e. The van der Waals surface area contributed by atoms with Gasteiger partial charge in [0.05, 0.1) is 12.8 Å². The van der Waals surface area contributed by atoms with Crippen molar-refractivity contribution in [1.82, 2.24) is 19.7 Å². The fraction of sp³-hybridized carbons (Fsp3) is 0.348. The maximum Gasteiger partial charge on any atom is 0.348 e. The summed E-state index contributed by atoms with van der Waals surface area (Å²) in [5.74, 6) is 1.57. The molecule has 162 valence electrons. The third kappa shape index (κ3) is 5.03. The third-order valence-corrected chi connectivity index (χ3v) is 5.52. The Morgan fingerprint density at radius 2 is 1.94 bits per heavy atom. The molecule has 1 fully saturated rings. The fourth-order valence-corrected chi connectivity index (χ4v) is 4.00. The number of nitrogens with one attached hydrogen (secondary N) is 2. The summed E-state index contributed by atoms with van der Waals surface area (Å²) in [5, 5.41) is 7.37. The van der Waals surface area contributed by atoms with E-state index in [1.165, 1.54) is 17.2 Å². The number of aromatic amines is 1. The number of rotatable bonds is 6. The minimum atomic E-state index is -0.231.